The van der Waals surface area contributed by atoms with E-state index in [-0.39, 0.29) is 18.6 Å². The highest BCUT2D eigenvalue weighted by Gasteiger charge is 2.25. The molecule has 0 saturated carbocycles. The van der Waals surface area contributed by atoms with Gasteiger partial charge >= 0.3 is 0 Å². The molecular weight excluding hydrogens is 318 g/mol. The molecule has 0 radical (unpaired) electrons. The van der Waals surface area contributed by atoms with Crippen molar-refractivity contribution >= 4 is 5.91 Å². The lowest BCUT2D eigenvalue weighted by molar-refractivity contribution is -0.136. The Kier molecular flexibility index (Phi) is 5.48. The average molecular weight is 341 g/mol. The molecule has 132 valence electrons. The van der Waals surface area contributed by atoms with Crippen molar-refractivity contribution in [3.63, 3.8) is 0 Å². The van der Waals surface area contributed by atoms with Crippen LogP contribution in [0.2, 0.25) is 0 Å². The maximum absolute atomic E-state index is 12.4. The van der Waals surface area contributed by atoms with Crippen molar-refractivity contribution < 1.29 is 14.3 Å². The van der Waals surface area contributed by atoms with Gasteiger partial charge in [-0.3, -0.25) is 4.79 Å². The third-order valence-corrected chi connectivity index (χ3v) is 4.14. The highest BCUT2D eigenvalue weighted by Crippen LogP contribution is 2.17. The van der Waals surface area contributed by atoms with Gasteiger partial charge < -0.3 is 14.4 Å². The summed E-state index contributed by atoms with van der Waals surface area (Å²) in [5.41, 5.74) is 1.96. The standard InChI is InChI=1S/C19H23N3O3/c1-14-5-3-6-16(11-14)24-13-19(23)22-10-4-7-17(12-22)25-18-9-8-15(2)20-21-18/h3,5-6,8-9,11,17H,4,7,10,12-13H2,1-2H3. The molecule has 1 atom stereocenters. The predicted octanol–water partition coefficient (Wildman–Crippen LogP) is 2.54. The first-order chi connectivity index (χ1) is 12.1. The fraction of sp³-hybridized carbons (Fsp3) is 0.421. The third-order valence-electron chi connectivity index (χ3n) is 4.14. The van der Waals surface area contributed by atoms with Gasteiger partial charge in [-0.15, -0.1) is 5.10 Å². The summed E-state index contributed by atoms with van der Waals surface area (Å²) in [7, 11) is 0. The van der Waals surface area contributed by atoms with Crippen LogP contribution in [0, 0.1) is 13.8 Å². The smallest absolute Gasteiger partial charge is 0.260 e. The number of nitrogens with zero attached hydrogens (tertiary/aromatic N) is 3. The van der Waals surface area contributed by atoms with E-state index in [0.29, 0.717) is 18.2 Å². The molecule has 1 aromatic heterocycles. The van der Waals surface area contributed by atoms with Crippen LogP contribution in [0.25, 0.3) is 0 Å². The minimum absolute atomic E-state index is 0.0233. The van der Waals surface area contributed by atoms with Crippen molar-refractivity contribution in [2.75, 3.05) is 19.7 Å². The van der Waals surface area contributed by atoms with Crippen molar-refractivity contribution in [1.82, 2.24) is 15.1 Å². The molecule has 2 aromatic rings. The van der Waals surface area contributed by atoms with Gasteiger partial charge in [-0.2, -0.15) is 5.10 Å². The second kappa shape index (κ2) is 7.96. The number of amides is 1. The van der Waals surface area contributed by atoms with Gasteiger partial charge in [0.15, 0.2) is 6.61 Å². The molecule has 3 rings (SSSR count). The van der Waals surface area contributed by atoms with Crippen molar-refractivity contribution in [2.24, 2.45) is 0 Å². The monoisotopic (exact) mass is 341 g/mol. The number of aromatic nitrogens is 2. The summed E-state index contributed by atoms with van der Waals surface area (Å²) < 4.78 is 11.5. The molecule has 1 aliphatic heterocycles. The van der Waals surface area contributed by atoms with Gasteiger partial charge in [-0.1, -0.05) is 12.1 Å². The molecule has 25 heavy (non-hydrogen) atoms. The first-order valence-electron chi connectivity index (χ1n) is 8.54. The molecule has 1 amide bonds. The second-order valence-electron chi connectivity index (χ2n) is 6.34. The van der Waals surface area contributed by atoms with E-state index in [2.05, 4.69) is 10.2 Å². The number of carbonyl (C=O) groups is 1. The van der Waals surface area contributed by atoms with Gasteiger partial charge in [0, 0.05) is 12.6 Å². The van der Waals surface area contributed by atoms with E-state index in [9.17, 15) is 4.79 Å². The first-order valence-corrected chi connectivity index (χ1v) is 8.54. The summed E-state index contributed by atoms with van der Waals surface area (Å²) in [5.74, 6) is 1.19. The Labute approximate surface area is 147 Å². The van der Waals surface area contributed by atoms with Crippen molar-refractivity contribution in [3.05, 3.63) is 47.7 Å². The minimum Gasteiger partial charge on any atom is -0.484 e. The topological polar surface area (TPSA) is 64.5 Å². The van der Waals surface area contributed by atoms with E-state index in [1.54, 1.807) is 4.90 Å². The maximum Gasteiger partial charge on any atom is 0.260 e. The van der Waals surface area contributed by atoms with E-state index in [1.165, 1.54) is 0 Å². The molecule has 1 fully saturated rings. The van der Waals surface area contributed by atoms with Crippen molar-refractivity contribution in [3.8, 4) is 11.6 Å². The largest absolute Gasteiger partial charge is 0.484 e. The summed E-state index contributed by atoms with van der Waals surface area (Å²) in [4.78, 5) is 14.2. The number of benzene rings is 1. The molecule has 1 aromatic carbocycles. The quantitative estimate of drug-likeness (QED) is 0.836. The number of likely N-dealkylation sites (tertiary alicyclic amines) is 1. The number of hydrogen-bond donors (Lipinski definition) is 0. The van der Waals surface area contributed by atoms with Gasteiger partial charge in [-0.05, 0) is 50.5 Å². The zero-order chi connectivity index (χ0) is 17.6. The molecule has 0 N–H and O–H groups in total. The molecule has 1 unspecified atom stereocenters. The number of hydrogen-bond acceptors (Lipinski definition) is 5. The Hall–Kier alpha value is -2.63. The lowest BCUT2D eigenvalue weighted by Gasteiger charge is -2.32. The van der Waals surface area contributed by atoms with Crippen LogP contribution in [-0.4, -0.2) is 46.8 Å². The minimum atomic E-state index is -0.0614. The normalized spacial score (nSPS) is 17.2. The van der Waals surface area contributed by atoms with Crippen LogP contribution < -0.4 is 9.47 Å². The number of ether oxygens (including phenoxy) is 2. The molecule has 0 bridgehead atoms. The Bertz CT molecular complexity index is 718. The van der Waals surface area contributed by atoms with E-state index in [4.69, 9.17) is 9.47 Å². The number of piperidine rings is 1. The van der Waals surface area contributed by atoms with Crippen LogP contribution in [0.5, 0.6) is 11.6 Å². The van der Waals surface area contributed by atoms with Crippen LogP contribution in [0.4, 0.5) is 0 Å². The molecule has 0 spiro atoms. The summed E-state index contributed by atoms with van der Waals surface area (Å²) in [6.45, 7) is 5.20. The Morgan fingerprint density at radius 3 is 2.88 bits per heavy atom. The lowest BCUT2D eigenvalue weighted by Crippen LogP contribution is -2.46. The van der Waals surface area contributed by atoms with Crippen LogP contribution in [0.15, 0.2) is 36.4 Å². The third kappa shape index (κ3) is 4.92. The zero-order valence-electron chi connectivity index (χ0n) is 14.6. The lowest BCUT2D eigenvalue weighted by atomic mass is 10.1. The van der Waals surface area contributed by atoms with Crippen LogP contribution in [0.3, 0.4) is 0 Å². The van der Waals surface area contributed by atoms with E-state index in [1.807, 2.05) is 50.2 Å². The Morgan fingerprint density at radius 2 is 2.12 bits per heavy atom. The van der Waals surface area contributed by atoms with Crippen LogP contribution in [-0.2, 0) is 4.79 Å². The number of carbonyl (C=O) groups excluding carboxylic acids is 1. The fourth-order valence-corrected chi connectivity index (χ4v) is 2.82. The molecule has 1 saturated heterocycles. The van der Waals surface area contributed by atoms with Gasteiger partial charge in [0.05, 0.1) is 12.2 Å². The Balaban J connectivity index is 1.51. The van der Waals surface area contributed by atoms with E-state index < -0.39 is 0 Å². The van der Waals surface area contributed by atoms with Crippen molar-refractivity contribution in [1.29, 1.82) is 0 Å². The van der Waals surface area contributed by atoms with Gasteiger partial charge in [-0.25, -0.2) is 0 Å². The van der Waals surface area contributed by atoms with Gasteiger partial charge in [0.2, 0.25) is 5.88 Å². The molecule has 0 aliphatic carbocycles. The summed E-state index contributed by atoms with van der Waals surface area (Å²) >= 11 is 0. The second-order valence-corrected chi connectivity index (χ2v) is 6.34. The van der Waals surface area contributed by atoms with Gasteiger partial charge in [0.25, 0.3) is 5.91 Å². The number of aryl methyl sites for hydroxylation is 2. The molecule has 6 nitrogen and oxygen atoms in total. The molecule has 1 aliphatic rings. The molecule has 6 heteroatoms. The van der Waals surface area contributed by atoms with E-state index >= 15 is 0 Å². The highest BCUT2D eigenvalue weighted by atomic mass is 16.5. The molecule has 2 heterocycles. The summed E-state index contributed by atoms with van der Waals surface area (Å²) in [6.07, 6.45) is 1.74. The predicted molar refractivity (Wildman–Crippen MR) is 93.7 cm³/mol. The zero-order valence-corrected chi connectivity index (χ0v) is 14.6. The van der Waals surface area contributed by atoms with Crippen LogP contribution in [0.1, 0.15) is 24.1 Å². The van der Waals surface area contributed by atoms with Crippen LogP contribution >= 0.6 is 0 Å². The summed E-state index contributed by atoms with van der Waals surface area (Å²) in [5, 5.41) is 8.02. The fourth-order valence-electron chi connectivity index (χ4n) is 2.82. The van der Waals surface area contributed by atoms with Crippen molar-refractivity contribution in [2.45, 2.75) is 32.8 Å². The maximum atomic E-state index is 12.4. The first kappa shape index (κ1) is 17.2. The number of rotatable bonds is 5. The van der Waals surface area contributed by atoms with E-state index in [0.717, 1.165) is 30.6 Å². The highest BCUT2D eigenvalue weighted by molar-refractivity contribution is 5.77. The van der Waals surface area contributed by atoms with Gasteiger partial charge in [0.1, 0.15) is 11.9 Å². The average Bonchev–Trinajstić information content (AvgIpc) is 2.62. The Morgan fingerprint density at radius 1 is 1.24 bits per heavy atom. The molecular formula is C19H23N3O3. The summed E-state index contributed by atoms with van der Waals surface area (Å²) in [6, 6.07) is 11.4. The SMILES string of the molecule is Cc1cccc(OCC(=O)N2CCCC(Oc3ccc(C)nn3)C2)c1.